The van der Waals surface area contributed by atoms with Crippen LogP contribution in [0, 0.1) is 0 Å². The number of hydrogen-bond donors (Lipinski definition) is 1. The second-order valence-corrected chi connectivity index (χ2v) is 8.24. The first-order valence-electron chi connectivity index (χ1n) is 9.16. The van der Waals surface area contributed by atoms with E-state index in [0.717, 1.165) is 25.1 Å². The number of hydrogen-bond acceptors (Lipinski definition) is 4. The zero-order valence-corrected chi connectivity index (χ0v) is 17.1. The standard InChI is InChI=1S/C19H26ClN3O2.ClH/c1-11-10-22(2)17-7-12(20)6-16(18(17)25-11)19(24)21-13-8-14-4-5-15(9-13)23(14)3;/h6-7,11,13-15H,4-5,8-10H2,1-3H3,(H,21,24);1H. The Morgan fingerprint density at radius 1 is 1.23 bits per heavy atom. The smallest absolute Gasteiger partial charge is 0.255 e. The number of likely N-dealkylation sites (N-methyl/N-ethyl adjacent to an activating group) is 1. The first-order chi connectivity index (χ1) is 11.9. The summed E-state index contributed by atoms with van der Waals surface area (Å²) in [5.41, 5.74) is 1.44. The summed E-state index contributed by atoms with van der Waals surface area (Å²) < 4.78 is 6.00. The van der Waals surface area contributed by atoms with E-state index in [0.29, 0.717) is 28.4 Å². The summed E-state index contributed by atoms with van der Waals surface area (Å²) >= 11 is 6.28. The highest BCUT2D eigenvalue weighted by Gasteiger charge is 2.39. The van der Waals surface area contributed by atoms with Gasteiger partial charge in [-0.1, -0.05) is 11.6 Å². The van der Waals surface area contributed by atoms with Crippen molar-refractivity contribution in [2.45, 2.75) is 56.8 Å². The maximum atomic E-state index is 13.0. The number of halogens is 2. The zero-order valence-electron chi connectivity index (χ0n) is 15.5. The number of fused-ring (bicyclic) bond motifs is 3. The van der Waals surface area contributed by atoms with Crippen molar-refractivity contribution >= 4 is 35.6 Å². The van der Waals surface area contributed by atoms with Gasteiger partial charge >= 0.3 is 0 Å². The van der Waals surface area contributed by atoms with Crippen LogP contribution in [0.3, 0.4) is 0 Å². The van der Waals surface area contributed by atoms with E-state index in [2.05, 4.69) is 22.2 Å². The van der Waals surface area contributed by atoms with Gasteiger partial charge in [-0.3, -0.25) is 4.79 Å². The second kappa shape index (κ2) is 7.45. The molecule has 2 bridgehead atoms. The lowest BCUT2D eigenvalue weighted by atomic mass is 9.97. The highest BCUT2D eigenvalue weighted by Crippen LogP contribution is 2.39. The molecule has 3 aliphatic heterocycles. The van der Waals surface area contributed by atoms with E-state index in [9.17, 15) is 4.79 Å². The summed E-state index contributed by atoms with van der Waals surface area (Å²) in [6, 6.07) is 5.02. The Morgan fingerprint density at radius 2 is 1.88 bits per heavy atom. The lowest BCUT2D eigenvalue weighted by molar-refractivity contribution is 0.0875. The Kier molecular flexibility index (Phi) is 5.61. The molecule has 1 aromatic carbocycles. The van der Waals surface area contributed by atoms with Crippen molar-refractivity contribution in [1.82, 2.24) is 10.2 Å². The monoisotopic (exact) mass is 399 g/mol. The fraction of sp³-hybridized carbons (Fsp3) is 0.632. The van der Waals surface area contributed by atoms with Crippen molar-refractivity contribution in [3.05, 3.63) is 22.7 Å². The molecule has 3 heterocycles. The van der Waals surface area contributed by atoms with Gasteiger partial charge in [0, 0.05) is 30.2 Å². The molecule has 3 atom stereocenters. The van der Waals surface area contributed by atoms with E-state index < -0.39 is 0 Å². The van der Waals surface area contributed by atoms with Crippen LogP contribution >= 0.6 is 24.0 Å². The first kappa shape index (κ1) is 19.6. The first-order valence-corrected chi connectivity index (χ1v) is 9.54. The number of piperidine rings is 1. The number of benzene rings is 1. The Morgan fingerprint density at radius 3 is 2.54 bits per heavy atom. The van der Waals surface area contributed by atoms with Crippen LogP contribution in [0.5, 0.6) is 5.75 Å². The van der Waals surface area contributed by atoms with Crippen molar-refractivity contribution in [1.29, 1.82) is 0 Å². The van der Waals surface area contributed by atoms with Crippen LogP contribution in [0.1, 0.15) is 43.0 Å². The molecule has 3 aliphatic rings. The van der Waals surface area contributed by atoms with Gasteiger partial charge in [0.1, 0.15) is 6.10 Å². The Bertz CT molecular complexity index is 686. The lowest BCUT2D eigenvalue weighted by Gasteiger charge is -2.37. The van der Waals surface area contributed by atoms with Gasteiger partial charge in [0.05, 0.1) is 17.8 Å². The molecule has 0 saturated carbocycles. The lowest BCUT2D eigenvalue weighted by Crippen LogP contribution is -2.49. The Balaban J connectivity index is 0.00000196. The highest BCUT2D eigenvalue weighted by molar-refractivity contribution is 6.31. The quantitative estimate of drug-likeness (QED) is 0.827. The molecule has 144 valence electrons. The van der Waals surface area contributed by atoms with E-state index >= 15 is 0 Å². The van der Waals surface area contributed by atoms with Gasteiger partial charge in [-0.15, -0.1) is 12.4 Å². The van der Waals surface area contributed by atoms with Crippen LogP contribution in [0.25, 0.3) is 0 Å². The minimum atomic E-state index is -0.0739. The zero-order chi connectivity index (χ0) is 17.7. The fourth-order valence-electron chi connectivity index (χ4n) is 4.67. The number of carbonyl (C=O) groups is 1. The third-order valence-electron chi connectivity index (χ3n) is 5.97. The third-order valence-corrected chi connectivity index (χ3v) is 6.19. The van der Waals surface area contributed by atoms with Crippen molar-refractivity contribution in [2.24, 2.45) is 0 Å². The predicted octanol–water partition coefficient (Wildman–Crippen LogP) is 3.33. The molecule has 3 unspecified atom stereocenters. The maximum absolute atomic E-state index is 13.0. The molecule has 0 radical (unpaired) electrons. The maximum Gasteiger partial charge on any atom is 0.255 e. The van der Waals surface area contributed by atoms with Crippen LogP contribution < -0.4 is 15.0 Å². The summed E-state index contributed by atoms with van der Waals surface area (Å²) in [5.74, 6) is 0.578. The molecule has 0 spiro atoms. The fourth-order valence-corrected chi connectivity index (χ4v) is 4.88. The van der Waals surface area contributed by atoms with Crippen molar-refractivity contribution < 1.29 is 9.53 Å². The van der Waals surface area contributed by atoms with Gasteiger partial charge in [-0.2, -0.15) is 0 Å². The topological polar surface area (TPSA) is 44.8 Å². The number of ether oxygens (including phenoxy) is 1. The molecule has 0 aliphatic carbocycles. The molecule has 5 nitrogen and oxygen atoms in total. The molecule has 4 rings (SSSR count). The molecule has 2 saturated heterocycles. The van der Waals surface area contributed by atoms with E-state index in [1.54, 1.807) is 6.07 Å². The van der Waals surface area contributed by atoms with Crippen LogP contribution in [0.4, 0.5) is 5.69 Å². The summed E-state index contributed by atoms with van der Waals surface area (Å²) in [4.78, 5) is 17.6. The molecule has 1 N–H and O–H groups in total. The van der Waals surface area contributed by atoms with E-state index in [-0.39, 0.29) is 30.5 Å². The van der Waals surface area contributed by atoms with E-state index in [1.807, 2.05) is 20.0 Å². The van der Waals surface area contributed by atoms with E-state index in [1.165, 1.54) is 12.8 Å². The average molecular weight is 400 g/mol. The van der Waals surface area contributed by atoms with Gasteiger partial charge in [0.2, 0.25) is 0 Å². The number of carbonyl (C=O) groups excluding carboxylic acids is 1. The number of rotatable bonds is 2. The minimum Gasteiger partial charge on any atom is -0.486 e. The van der Waals surface area contributed by atoms with Gasteiger partial charge in [0.15, 0.2) is 5.75 Å². The predicted molar refractivity (Wildman–Crippen MR) is 107 cm³/mol. The Labute approximate surface area is 166 Å². The molecule has 7 heteroatoms. The molecular formula is C19H27Cl2N3O2. The van der Waals surface area contributed by atoms with Crippen molar-refractivity contribution in [2.75, 3.05) is 25.5 Å². The van der Waals surface area contributed by atoms with Gasteiger partial charge in [-0.05, 0) is 51.8 Å². The highest BCUT2D eigenvalue weighted by atomic mass is 35.5. The molecular weight excluding hydrogens is 373 g/mol. The molecule has 2 fully saturated rings. The van der Waals surface area contributed by atoms with Crippen molar-refractivity contribution in [3.63, 3.8) is 0 Å². The largest absolute Gasteiger partial charge is 0.486 e. The second-order valence-electron chi connectivity index (χ2n) is 7.80. The molecule has 1 aromatic rings. The summed E-state index contributed by atoms with van der Waals surface area (Å²) in [7, 11) is 4.21. The summed E-state index contributed by atoms with van der Waals surface area (Å²) in [6.45, 7) is 2.80. The van der Waals surface area contributed by atoms with Crippen LogP contribution in [0.2, 0.25) is 5.02 Å². The average Bonchev–Trinajstić information content (AvgIpc) is 2.77. The minimum absolute atomic E-state index is 0. The van der Waals surface area contributed by atoms with Gasteiger partial charge in [-0.25, -0.2) is 0 Å². The molecule has 1 amide bonds. The number of nitrogens with one attached hydrogen (secondary N) is 1. The van der Waals surface area contributed by atoms with Gasteiger partial charge < -0.3 is 19.9 Å². The summed E-state index contributed by atoms with van der Waals surface area (Å²) in [6.07, 6.45) is 4.58. The van der Waals surface area contributed by atoms with Crippen LogP contribution in [-0.2, 0) is 0 Å². The third kappa shape index (κ3) is 3.49. The summed E-state index contributed by atoms with van der Waals surface area (Å²) in [5, 5.41) is 3.81. The molecule has 0 aromatic heterocycles. The van der Waals surface area contributed by atoms with Crippen LogP contribution in [0.15, 0.2) is 12.1 Å². The Hall–Kier alpha value is -1.17. The van der Waals surface area contributed by atoms with Gasteiger partial charge in [0.25, 0.3) is 5.91 Å². The number of nitrogens with zero attached hydrogens (tertiary/aromatic N) is 2. The van der Waals surface area contributed by atoms with Crippen LogP contribution in [-0.4, -0.2) is 55.7 Å². The number of anilines is 1. The SMILES string of the molecule is CC1CN(C)c2cc(Cl)cc(C(=O)NC3CC4CCC(C3)N4C)c2O1.Cl. The molecule has 26 heavy (non-hydrogen) atoms. The normalized spacial score (nSPS) is 30.2. The van der Waals surface area contributed by atoms with E-state index in [4.69, 9.17) is 16.3 Å². The van der Waals surface area contributed by atoms with Crippen molar-refractivity contribution in [3.8, 4) is 5.75 Å². The number of amides is 1.